The number of aromatic nitrogens is 2. The Balaban J connectivity index is 1.35. The number of rotatable bonds is 4. The molecule has 3 aliphatic rings. The maximum atomic E-state index is 12.7. The molecule has 3 fully saturated rings. The number of nitrogens with zero attached hydrogens (tertiary/aromatic N) is 4. The third-order valence-corrected chi connectivity index (χ3v) is 7.32. The Kier molecular flexibility index (Phi) is 5.23. The SMILES string of the molecule is O=C(Cn1cnc(S(=O)(=O)N2CCCCC2)c1)N1CCC2(CC1)OCCO2. The minimum Gasteiger partial charge on any atom is -0.347 e. The summed E-state index contributed by atoms with van der Waals surface area (Å²) in [5, 5.41) is 0.0163. The van der Waals surface area contributed by atoms with E-state index in [9.17, 15) is 13.2 Å². The maximum absolute atomic E-state index is 12.7. The van der Waals surface area contributed by atoms with Gasteiger partial charge in [-0.15, -0.1) is 0 Å². The number of imidazole rings is 1. The predicted molar refractivity (Wildman–Crippen MR) is 95.3 cm³/mol. The zero-order valence-corrected chi connectivity index (χ0v) is 16.2. The Morgan fingerprint density at radius 2 is 1.74 bits per heavy atom. The molecule has 0 radical (unpaired) electrons. The molecule has 3 saturated heterocycles. The smallest absolute Gasteiger partial charge is 0.262 e. The quantitative estimate of drug-likeness (QED) is 0.730. The number of ether oxygens (including phenoxy) is 2. The van der Waals surface area contributed by atoms with Gasteiger partial charge in [-0.1, -0.05) is 6.42 Å². The van der Waals surface area contributed by atoms with Crippen LogP contribution in [-0.4, -0.2) is 78.3 Å². The molecule has 1 aromatic rings. The van der Waals surface area contributed by atoms with Crippen molar-refractivity contribution in [2.45, 2.75) is 49.5 Å². The van der Waals surface area contributed by atoms with Crippen LogP contribution in [0.4, 0.5) is 0 Å². The monoisotopic (exact) mass is 398 g/mol. The van der Waals surface area contributed by atoms with E-state index in [2.05, 4.69) is 4.98 Å². The minimum absolute atomic E-state index is 0.0163. The Bertz CT molecular complexity index is 771. The van der Waals surface area contributed by atoms with Crippen molar-refractivity contribution in [1.29, 1.82) is 0 Å². The first-order valence-corrected chi connectivity index (χ1v) is 11.0. The zero-order chi connectivity index (χ0) is 18.9. The summed E-state index contributed by atoms with van der Waals surface area (Å²) in [6.07, 6.45) is 7.01. The second-order valence-electron chi connectivity index (χ2n) is 7.34. The van der Waals surface area contributed by atoms with Crippen molar-refractivity contribution in [3.63, 3.8) is 0 Å². The van der Waals surface area contributed by atoms with E-state index in [4.69, 9.17) is 9.47 Å². The summed E-state index contributed by atoms with van der Waals surface area (Å²) in [6.45, 7) is 3.52. The van der Waals surface area contributed by atoms with Crippen LogP contribution in [0.1, 0.15) is 32.1 Å². The highest BCUT2D eigenvalue weighted by Gasteiger charge is 2.40. The van der Waals surface area contributed by atoms with Crippen molar-refractivity contribution < 1.29 is 22.7 Å². The van der Waals surface area contributed by atoms with Gasteiger partial charge in [-0.3, -0.25) is 4.79 Å². The van der Waals surface area contributed by atoms with Gasteiger partial charge >= 0.3 is 0 Å². The van der Waals surface area contributed by atoms with Crippen molar-refractivity contribution in [3.05, 3.63) is 12.5 Å². The topological polar surface area (TPSA) is 94.0 Å². The molecular weight excluding hydrogens is 372 g/mol. The van der Waals surface area contributed by atoms with Crippen molar-refractivity contribution in [3.8, 4) is 0 Å². The summed E-state index contributed by atoms with van der Waals surface area (Å²) in [7, 11) is -3.57. The van der Waals surface area contributed by atoms with Gasteiger partial charge in [0, 0.05) is 45.2 Å². The number of amides is 1. The van der Waals surface area contributed by atoms with Crippen LogP contribution in [0, 0.1) is 0 Å². The van der Waals surface area contributed by atoms with E-state index in [1.165, 1.54) is 16.8 Å². The van der Waals surface area contributed by atoms with Gasteiger partial charge in [0.2, 0.25) is 5.91 Å². The molecule has 0 aliphatic carbocycles. The summed E-state index contributed by atoms with van der Waals surface area (Å²) < 4.78 is 39.7. The predicted octanol–water partition coefficient (Wildman–Crippen LogP) is 0.423. The van der Waals surface area contributed by atoms with Crippen LogP contribution in [-0.2, 0) is 30.8 Å². The summed E-state index contributed by atoms with van der Waals surface area (Å²) in [4.78, 5) is 18.4. The minimum atomic E-state index is -3.57. The fourth-order valence-corrected chi connectivity index (χ4v) is 5.39. The summed E-state index contributed by atoms with van der Waals surface area (Å²) in [5.74, 6) is -0.566. The van der Waals surface area contributed by atoms with Gasteiger partial charge in [0.15, 0.2) is 10.8 Å². The molecule has 0 aromatic carbocycles. The number of sulfonamides is 1. The van der Waals surface area contributed by atoms with Crippen LogP contribution in [0.3, 0.4) is 0 Å². The van der Waals surface area contributed by atoms with Gasteiger partial charge in [0.05, 0.1) is 19.5 Å². The average molecular weight is 398 g/mol. The van der Waals surface area contributed by atoms with E-state index in [0.717, 1.165) is 19.3 Å². The molecule has 10 heteroatoms. The van der Waals surface area contributed by atoms with Crippen molar-refractivity contribution in [2.75, 3.05) is 39.4 Å². The molecule has 1 aromatic heterocycles. The Labute approximate surface area is 159 Å². The molecule has 0 saturated carbocycles. The van der Waals surface area contributed by atoms with Crippen LogP contribution >= 0.6 is 0 Å². The van der Waals surface area contributed by atoms with Crippen molar-refractivity contribution in [1.82, 2.24) is 18.8 Å². The van der Waals surface area contributed by atoms with Gasteiger partial charge in [0.25, 0.3) is 10.0 Å². The highest BCUT2D eigenvalue weighted by Crippen LogP contribution is 2.31. The second kappa shape index (κ2) is 7.50. The fourth-order valence-electron chi connectivity index (χ4n) is 3.94. The maximum Gasteiger partial charge on any atom is 0.262 e. The lowest BCUT2D eigenvalue weighted by atomic mass is 10.0. The molecular formula is C17H26N4O5S. The normalized spacial score (nSPS) is 23.8. The summed E-state index contributed by atoms with van der Waals surface area (Å²) in [5.41, 5.74) is 0. The lowest BCUT2D eigenvalue weighted by Gasteiger charge is -2.37. The van der Waals surface area contributed by atoms with E-state index >= 15 is 0 Å². The first-order valence-electron chi connectivity index (χ1n) is 9.56. The molecule has 1 spiro atoms. The largest absolute Gasteiger partial charge is 0.347 e. The summed E-state index contributed by atoms with van der Waals surface area (Å²) in [6, 6.07) is 0. The van der Waals surface area contributed by atoms with E-state index in [1.807, 2.05) is 0 Å². The Morgan fingerprint density at radius 3 is 2.41 bits per heavy atom. The van der Waals surface area contributed by atoms with E-state index in [1.54, 1.807) is 9.47 Å². The van der Waals surface area contributed by atoms with Crippen LogP contribution < -0.4 is 0 Å². The van der Waals surface area contributed by atoms with Gasteiger partial charge < -0.3 is 18.9 Å². The molecule has 0 unspecified atom stereocenters. The number of piperidine rings is 2. The third-order valence-electron chi connectivity index (χ3n) is 5.54. The van der Waals surface area contributed by atoms with E-state index in [0.29, 0.717) is 52.2 Å². The van der Waals surface area contributed by atoms with E-state index in [-0.39, 0.29) is 17.5 Å². The highest BCUT2D eigenvalue weighted by molar-refractivity contribution is 7.89. The Morgan fingerprint density at radius 1 is 1.07 bits per heavy atom. The van der Waals surface area contributed by atoms with Crippen LogP contribution in [0.2, 0.25) is 0 Å². The Hall–Kier alpha value is -1.49. The zero-order valence-electron chi connectivity index (χ0n) is 15.4. The number of hydrogen-bond donors (Lipinski definition) is 0. The molecule has 4 rings (SSSR count). The standard InChI is InChI=1S/C17H26N4O5S/c22-16(20-8-4-17(5-9-20)25-10-11-26-17)13-19-12-15(18-14-19)27(23,24)21-6-2-1-3-7-21/h12,14H,1-11,13H2. The first-order chi connectivity index (χ1) is 13.0. The molecule has 150 valence electrons. The molecule has 0 atom stereocenters. The molecule has 1 amide bonds. The second-order valence-corrected chi connectivity index (χ2v) is 9.22. The van der Waals surface area contributed by atoms with Gasteiger partial charge in [-0.2, -0.15) is 4.31 Å². The van der Waals surface area contributed by atoms with Gasteiger partial charge in [-0.05, 0) is 12.8 Å². The lowest BCUT2D eigenvalue weighted by Crippen LogP contribution is -2.48. The molecule has 9 nitrogen and oxygen atoms in total. The third kappa shape index (κ3) is 3.89. The van der Waals surface area contributed by atoms with Gasteiger partial charge in [-0.25, -0.2) is 13.4 Å². The number of carbonyl (C=O) groups excluding carboxylic acids is 1. The van der Waals surface area contributed by atoms with Crippen molar-refractivity contribution in [2.24, 2.45) is 0 Å². The number of likely N-dealkylation sites (tertiary alicyclic amines) is 1. The number of carbonyl (C=O) groups is 1. The lowest BCUT2D eigenvalue weighted by molar-refractivity contribution is -0.187. The van der Waals surface area contributed by atoms with Crippen LogP contribution in [0.25, 0.3) is 0 Å². The first kappa shape index (κ1) is 18.9. The van der Waals surface area contributed by atoms with Crippen LogP contribution in [0.5, 0.6) is 0 Å². The molecule has 3 aliphatic heterocycles. The highest BCUT2D eigenvalue weighted by atomic mass is 32.2. The number of hydrogen-bond acceptors (Lipinski definition) is 6. The molecule has 0 bridgehead atoms. The van der Waals surface area contributed by atoms with E-state index < -0.39 is 15.8 Å². The summed E-state index contributed by atoms with van der Waals surface area (Å²) >= 11 is 0. The average Bonchev–Trinajstić information content (AvgIpc) is 3.33. The van der Waals surface area contributed by atoms with Crippen molar-refractivity contribution >= 4 is 15.9 Å². The molecule has 27 heavy (non-hydrogen) atoms. The molecule has 4 heterocycles. The van der Waals surface area contributed by atoms with Crippen LogP contribution in [0.15, 0.2) is 17.6 Å². The van der Waals surface area contributed by atoms with Gasteiger partial charge in [0.1, 0.15) is 6.54 Å². The molecule has 0 N–H and O–H groups in total. The fraction of sp³-hybridized carbons (Fsp3) is 0.765.